The standard InChI is InChI=1S/C20H25F3N4OS.HI/c1-24-19(26-12-18-27-17(13-29-18)20(21,22)23)25-10-5-11-28-16-9-4-7-14-6-2-3-8-15(14)16;/h2-3,6,8,13,16H,4-5,7,9-12H2,1H3,(H2,24,25,26);1H. The minimum absolute atomic E-state index is 0. The van der Waals surface area contributed by atoms with Gasteiger partial charge in [0.25, 0.3) is 0 Å². The average molecular weight is 554 g/mol. The van der Waals surface area contributed by atoms with E-state index in [1.807, 2.05) is 0 Å². The number of ether oxygens (including phenoxy) is 1. The molecule has 0 aliphatic heterocycles. The van der Waals surface area contributed by atoms with Gasteiger partial charge in [0.2, 0.25) is 0 Å². The molecule has 1 atom stereocenters. The largest absolute Gasteiger partial charge is 0.434 e. The third-order valence-corrected chi connectivity index (χ3v) is 5.57. The summed E-state index contributed by atoms with van der Waals surface area (Å²) in [4.78, 5) is 7.68. The van der Waals surface area contributed by atoms with Crippen molar-refractivity contribution in [3.8, 4) is 0 Å². The maximum atomic E-state index is 12.6. The molecule has 0 spiro atoms. The summed E-state index contributed by atoms with van der Waals surface area (Å²) in [5.41, 5.74) is 1.82. The van der Waals surface area contributed by atoms with Gasteiger partial charge in [0, 0.05) is 25.6 Å². The first-order valence-corrected chi connectivity index (χ1v) is 10.5. The molecule has 166 valence electrons. The Hall–Kier alpha value is -1.40. The first-order chi connectivity index (χ1) is 14.0. The lowest BCUT2D eigenvalue weighted by Crippen LogP contribution is -2.37. The fourth-order valence-corrected chi connectivity index (χ4v) is 4.03. The highest BCUT2D eigenvalue weighted by molar-refractivity contribution is 14.0. The monoisotopic (exact) mass is 554 g/mol. The second kappa shape index (κ2) is 11.8. The molecule has 0 amide bonds. The van der Waals surface area contributed by atoms with Crippen LogP contribution in [0.15, 0.2) is 34.6 Å². The van der Waals surface area contributed by atoms with Gasteiger partial charge in [-0.1, -0.05) is 24.3 Å². The summed E-state index contributed by atoms with van der Waals surface area (Å²) < 4.78 is 43.9. The number of halogens is 4. The Balaban J connectivity index is 0.00000320. The van der Waals surface area contributed by atoms with Crippen LogP contribution in [0.3, 0.4) is 0 Å². The van der Waals surface area contributed by atoms with Crippen LogP contribution in [0.4, 0.5) is 13.2 Å². The predicted octanol–water partition coefficient (Wildman–Crippen LogP) is 4.93. The van der Waals surface area contributed by atoms with Crippen molar-refractivity contribution < 1.29 is 17.9 Å². The van der Waals surface area contributed by atoms with Crippen LogP contribution in [0.2, 0.25) is 0 Å². The number of hydrogen-bond donors (Lipinski definition) is 2. The molecule has 0 saturated carbocycles. The van der Waals surface area contributed by atoms with Gasteiger partial charge in [-0.2, -0.15) is 13.2 Å². The molecule has 1 aliphatic carbocycles. The summed E-state index contributed by atoms with van der Waals surface area (Å²) >= 11 is 0.975. The van der Waals surface area contributed by atoms with Crippen LogP contribution >= 0.6 is 35.3 Å². The molecule has 2 N–H and O–H groups in total. The van der Waals surface area contributed by atoms with E-state index in [1.165, 1.54) is 11.1 Å². The number of benzene rings is 1. The number of guanidine groups is 1. The second-order valence-corrected chi connectivity index (χ2v) is 7.72. The smallest absolute Gasteiger partial charge is 0.373 e. The van der Waals surface area contributed by atoms with Crippen LogP contribution in [0.1, 0.15) is 47.2 Å². The molecule has 0 fully saturated rings. The molecule has 0 radical (unpaired) electrons. The van der Waals surface area contributed by atoms with Gasteiger partial charge in [0.05, 0.1) is 12.6 Å². The van der Waals surface area contributed by atoms with Crippen LogP contribution < -0.4 is 10.6 Å². The van der Waals surface area contributed by atoms with Gasteiger partial charge in [0.1, 0.15) is 5.01 Å². The lowest BCUT2D eigenvalue weighted by Gasteiger charge is -2.25. The van der Waals surface area contributed by atoms with Crippen molar-refractivity contribution in [1.82, 2.24) is 15.6 Å². The van der Waals surface area contributed by atoms with Crippen LogP contribution in [-0.4, -0.2) is 31.1 Å². The number of alkyl halides is 3. The minimum Gasteiger partial charge on any atom is -0.373 e. The van der Waals surface area contributed by atoms with Crippen molar-refractivity contribution in [2.45, 2.75) is 44.5 Å². The number of nitrogens with one attached hydrogen (secondary N) is 2. The molecular weight excluding hydrogens is 528 g/mol. The van der Waals surface area contributed by atoms with E-state index >= 15 is 0 Å². The predicted molar refractivity (Wildman–Crippen MR) is 123 cm³/mol. The van der Waals surface area contributed by atoms with E-state index in [-0.39, 0.29) is 36.6 Å². The van der Waals surface area contributed by atoms with E-state index in [1.54, 1.807) is 7.05 Å². The van der Waals surface area contributed by atoms with E-state index in [4.69, 9.17) is 4.74 Å². The molecule has 5 nitrogen and oxygen atoms in total. The lowest BCUT2D eigenvalue weighted by molar-refractivity contribution is -0.140. The highest BCUT2D eigenvalue weighted by atomic mass is 127. The Morgan fingerprint density at radius 2 is 2.10 bits per heavy atom. The van der Waals surface area contributed by atoms with Gasteiger partial charge < -0.3 is 15.4 Å². The normalized spacial score (nSPS) is 16.5. The summed E-state index contributed by atoms with van der Waals surface area (Å²) in [7, 11) is 1.62. The summed E-state index contributed by atoms with van der Waals surface area (Å²) in [5, 5.41) is 7.51. The Morgan fingerprint density at radius 1 is 1.30 bits per heavy atom. The van der Waals surface area contributed by atoms with Crippen molar-refractivity contribution in [1.29, 1.82) is 0 Å². The molecule has 0 saturated heterocycles. The maximum absolute atomic E-state index is 12.6. The third-order valence-electron chi connectivity index (χ3n) is 4.72. The quantitative estimate of drug-likeness (QED) is 0.221. The van der Waals surface area contributed by atoms with Gasteiger partial charge in [-0.15, -0.1) is 35.3 Å². The molecule has 10 heteroatoms. The zero-order chi connectivity index (χ0) is 20.7. The number of nitrogens with zero attached hydrogens (tertiary/aromatic N) is 2. The van der Waals surface area contributed by atoms with E-state index in [0.717, 1.165) is 42.4 Å². The van der Waals surface area contributed by atoms with Gasteiger partial charge in [0.15, 0.2) is 11.7 Å². The highest BCUT2D eigenvalue weighted by Gasteiger charge is 2.33. The highest BCUT2D eigenvalue weighted by Crippen LogP contribution is 2.32. The van der Waals surface area contributed by atoms with Gasteiger partial charge >= 0.3 is 6.18 Å². The van der Waals surface area contributed by atoms with Gasteiger partial charge in [-0.3, -0.25) is 4.99 Å². The maximum Gasteiger partial charge on any atom is 0.434 e. The Morgan fingerprint density at radius 3 is 2.83 bits per heavy atom. The van der Waals surface area contributed by atoms with Gasteiger partial charge in [-0.25, -0.2) is 4.98 Å². The molecule has 3 rings (SSSR count). The van der Waals surface area contributed by atoms with Crippen molar-refractivity contribution >= 4 is 41.3 Å². The zero-order valence-corrected chi connectivity index (χ0v) is 19.8. The number of aromatic nitrogens is 1. The molecule has 2 aromatic rings. The first-order valence-electron chi connectivity index (χ1n) is 9.63. The van der Waals surface area contributed by atoms with Crippen molar-refractivity contribution in [2.75, 3.05) is 20.2 Å². The molecule has 1 aromatic heterocycles. The minimum atomic E-state index is -4.41. The Kier molecular flexibility index (Phi) is 9.82. The number of aliphatic imine (C=N–C) groups is 1. The molecule has 30 heavy (non-hydrogen) atoms. The zero-order valence-electron chi connectivity index (χ0n) is 16.7. The van der Waals surface area contributed by atoms with Crippen molar-refractivity contribution in [2.24, 2.45) is 4.99 Å². The number of hydrogen-bond acceptors (Lipinski definition) is 4. The van der Waals surface area contributed by atoms with E-state index in [9.17, 15) is 13.2 Å². The molecular formula is C20H26F3IN4OS. The molecule has 1 heterocycles. The average Bonchev–Trinajstić information content (AvgIpc) is 3.20. The summed E-state index contributed by atoms with van der Waals surface area (Å²) in [6.45, 7) is 1.47. The van der Waals surface area contributed by atoms with Crippen molar-refractivity contribution in [3.05, 3.63) is 51.5 Å². The number of aryl methyl sites for hydroxylation is 1. The fourth-order valence-electron chi connectivity index (χ4n) is 3.29. The number of thiazole rings is 1. The Labute approximate surface area is 195 Å². The van der Waals surface area contributed by atoms with Crippen LogP contribution in [-0.2, 0) is 23.9 Å². The van der Waals surface area contributed by atoms with Crippen LogP contribution in [0.25, 0.3) is 0 Å². The van der Waals surface area contributed by atoms with Gasteiger partial charge in [-0.05, 0) is 36.8 Å². The van der Waals surface area contributed by atoms with Crippen molar-refractivity contribution in [3.63, 3.8) is 0 Å². The summed E-state index contributed by atoms with van der Waals surface area (Å²) in [6.07, 6.45) is -0.152. The van der Waals surface area contributed by atoms with E-state index in [2.05, 4.69) is 44.9 Å². The number of fused-ring (bicyclic) bond motifs is 1. The third kappa shape index (κ3) is 7.09. The fraction of sp³-hybridized carbons (Fsp3) is 0.500. The van der Waals surface area contributed by atoms with E-state index < -0.39 is 11.9 Å². The molecule has 1 aromatic carbocycles. The molecule has 1 aliphatic rings. The van der Waals surface area contributed by atoms with Crippen LogP contribution in [0, 0.1) is 0 Å². The Bertz CT molecular complexity index is 828. The van der Waals surface area contributed by atoms with E-state index in [0.29, 0.717) is 24.1 Å². The second-order valence-electron chi connectivity index (χ2n) is 6.78. The first kappa shape index (κ1) is 24.9. The van der Waals surface area contributed by atoms with Crippen LogP contribution in [0.5, 0.6) is 0 Å². The topological polar surface area (TPSA) is 58.5 Å². The summed E-state index contributed by atoms with van der Waals surface area (Å²) in [5.74, 6) is 0.525. The molecule has 1 unspecified atom stereocenters. The SMILES string of the molecule is CN=C(NCCCOC1CCCc2ccccc21)NCc1nc(C(F)(F)F)cs1.I. The summed E-state index contributed by atoms with van der Waals surface area (Å²) in [6, 6.07) is 8.44. The number of rotatable bonds is 7. The molecule has 0 bridgehead atoms. The lowest BCUT2D eigenvalue weighted by atomic mass is 9.89.